The predicted octanol–water partition coefficient (Wildman–Crippen LogP) is 3.28. The van der Waals surface area contributed by atoms with Crippen LogP contribution in [0.3, 0.4) is 0 Å². The van der Waals surface area contributed by atoms with E-state index >= 15 is 0 Å². The van der Waals surface area contributed by atoms with E-state index in [1.165, 1.54) is 13.3 Å². The fourth-order valence-corrected chi connectivity index (χ4v) is 5.68. The highest BCUT2D eigenvalue weighted by Gasteiger charge is 2.75. The number of hydrogen-bond donors (Lipinski definition) is 0. The van der Waals surface area contributed by atoms with Gasteiger partial charge in [0.05, 0.1) is 0 Å². The average molecular weight is 276 g/mol. The van der Waals surface area contributed by atoms with Crippen molar-refractivity contribution in [2.45, 2.75) is 59.5 Å². The summed E-state index contributed by atoms with van der Waals surface area (Å²) in [5.41, 5.74) is 0.486. The summed E-state index contributed by atoms with van der Waals surface area (Å²) in [7, 11) is 0. The van der Waals surface area contributed by atoms with Crippen molar-refractivity contribution in [2.75, 3.05) is 0 Å². The van der Waals surface area contributed by atoms with Crippen molar-refractivity contribution < 1.29 is 14.3 Å². The lowest BCUT2D eigenvalue weighted by molar-refractivity contribution is -0.160. The zero-order valence-electron chi connectivity index (χ0n) is 12.9. The highest BCUT2D eigenvalue weighted by molar-refractivity contribution is 5.98. The maximum atomic E-state index is 12.4. The first-order valence-electron chi connectivity index (χ1n) is 7.57. The number of ether oxygens (including phenoxy) is 1. The summed E-state index contributed by atoms with van der Waals surface area (Å²) in [5.74, 6) is -0.0940. The molecule has 0 aromatic carbocycles. The third-order valence-electron chi connectivity index (χ3n) is 7.07. The largest absolute Gasteiger partial charge is 0.461 e. The summed E-state index contributed by atoms with van der Waals surface area (Å²) in [6.45, 7) is 12.2. The average Bonchev–Trinajstić information content (AvgIpc) is 2.68. The molecule has 0 amide bonds. The lowest BCUT2D eigenvalue weighted by atomic mass is 9.59. The minimum atomic E-state index is -0.257. The SMILES string of the molecule is C=C1C(=O)CC2(C)C(OC(C)=O)C1C1(C)CCCC21C. The third-order valence-corrected chi connectivity index (χ3v) is 7.07. The second-order valence-electron chi connectivity index (χ2n) is 7.65. The van der Waals surface area contributed by atoms with Crippen molar-refractivity contribution in [2.24, 2.45) is 22.2 Å². The van der Waals surface area contributed by atoms with Crippen LogP contribution in [0.5, 0.6) is 0 Å². The standard InChI is InChI=1S/C17H24O3/c1-10-12(19)9-16(4)14(20-11(2)18)13(10)15(3)7-6-8-17(15,16)5/h13-14H,1,6-9H2,2-5H3. The van der Waals surface area contributed by atoms with Gasteiger partial charge in [-0.1, -0.05) is 33.8 Å². The van der Waals surface area contributed by atoms with Gasteiger partial charge in [-0.3, -0.25) is 9.59 Å². The summed E-state index contributed by atoms with van der Waals surface area (Å²) < 4.78 is 5.71. The van der Waals surface area contributed by atoms with Crippen LogP contribution in [0.2, 0.25) is 0 Å². The Morgan fingerprint density at radius 3 is 2.50 bits per heavy atom. The summed E-state index contributed by atoms with van der Waals surface area (Å²) in [6, 6.07) is 0. The van der Waals surface area contributed by atoms with Crippen LogP contribution in [-0.4, -0.2) is 17.9 Å². The molecule has 0 aromatic heterocycles. The Morgan fingerprint density at radius 1 is 1.25 bits per heavy atom. The van der Waals surface area contributed by atoms with Crippen LogP contribution in [0.1, 0.15) is 53.4 Å². The Hall–Kier alpha value is -1.12. The molecule has 0 spiro atoms. The highest BCUT2D eigenvalue weighted by Crippen LogP contribution is 2.76. The van der Waals surface area contributed by atoms with Gasteiger partial charge in [0.1, 0.15) is 6.10 Å². The van der Waals surface area contributed by atoms with Crippen molar-refractivity contribution in [1.29, 1.82) is 0 Å². The molecule has 0 aromatic rings. The monoisotopic (exact) mass is 276 g/mol. The van der Waals surface area contributed by atoms with Crippen LogP contribution in [0.25, 0.3) is 0 Å². The van der Waals surface area contributed by atoms with Gasteiger partial charge in [0.25, 0.3) is 0 Å². The van der Waals surface area contributed by atoms with Crippen LogP contribution in [0.4, 0.5) is 0 Å². The van der Waals surface area contributed by atoms with Crippen molar-refractivity contribution >= 4 is 11.8 Å². The molecule has 0 saturated heterocycles. The second kappa shape index (κ2) is 3.75. The number of rotatable bonds is 1. The molecule has 0 radical (unpaired) electrons. The zero-order valence-corrected chi connectivity index (χ0v) is 12.9. The van der Waals surface area contributed by atoms with Gasteiger partial charge in [0.2, 0.25) is 0 Å². The third kappa shape index (κ3) is 1.27. The zero-order chi connectivity index (χ0) is 14.9. The molecule has 3 aliphatic carbocycles. The fraction of sp³-hybridized carbons (Fsp3) is 0.765. The van der Waals surface area contributed by atoms with Crippen LogP contribution in [-0.2, 0) is 14.3 Å². The quantitative estimate of drug-likeness (QED) is 0.545. The van der Waals surface area contributed by atoms with Gasteiger partial charge in [-0.05, 0) is 29.2 Å². The lowest BCUT2D eigenvalue weighted by Crippen LogP contribution is -2.47. The van der Waals surface area contributed by atoms with E-state index in [1.54, 1.807) is 0 Å². The molecular weight excluding hydrogens is 252 g/mol. The second-order valence-corrected chi connectivity index (χ2v) is 7.65. The number of ketones is 1. The Kier molecular flexibility index (Phi) is 2.59. The van der Waals surface area contributed by atoms with Crippen LogP contribution in [0, 0.1) is 22.2 Å². The van der Waals surface area contributed by atoms with E-state index in [9.17, 15) is 9.59 Å². The molecule has 20 heavy (non-hydrogen) atoms. The Bertz CT molecular complexity index is 522. The van der Waals surface area contributed by atoms with Crippen LogP contribution < -0.4 is 0 Å². The molecule has 3 rings (SSSR count). The van der Waals surface area contributed by atoms with Crippen LogP contribution >= 0.6 is 0 Å². The summed E-state index contributed by atoms with van der Waals surface area (Å²) in [6.07, 6.45) is 3.66. The van der Waals surface area contributed by atoms with Gasteiger partial charge in [-0.2, -0.15) is 0 Å². The number of carbonyl (C=O) groups is 2. The van der Waals surface area contributed by atoms with Gasteiger partial charge < -0.3 is 4.74 Å². The van der Waals surface area contributed by atoms with E-state index in [0.717, 1.165) is 12.8 Å². The van der Waals surface area contributed by atoms with Crippen molar-refractivity contribution in [1.82, 2.24) is 0 Å². The van der Waals surface area contributed by atoms with Gasteiger partial charge in [0, 0.05) is 24.7 Å². The Morgan fingerprint density at radius 2 is 1.90 bits per heavy atom. The van der Waals surface area contributed by atoms with E-state index in [-0.39, 0.29) is 40.0 Å². The Labute approximate surface area is 120 Å². The number of fused-ring (bicyclic) bond motifs is 5. The smallest absolute Gasteiger partial charge is 0.302 e. The van der Waals surface area contributed by atoms with Gasteiger partial charge in [-0.25, -0.2) is 0 Å². The van der Waals surface area contributed by atoms with Gasteiger partial charge in [0.15, 0.2) is 5.78 Å². The molecule has 0 aliphatic heterocycles. The first-order chi connectivity index (χ1) is 9.17. The predicted molar refractivity (Wildman–Crippen MR) is 76.0 cm³/mol. The molecule has 3 fully saturated rings. The normalized spacial score (nSPS) is 50.2. The first-order valence-corrected chi connectivity index (χ1v) is 7.57. The highest BCUT2D eigenvalue weighted by atomic mass is 16.5. The van der Waals surface area contributed by atoms with E-state index in [1.807, 2.05) is 0 Å². The van der Waals surface area contributed by atoms with Crippen molar-refractivity contribution in [3.8, 4) is 0 Å². The molecule has 5 unspecified atom stereocenters. The summed E-state index contributed by atoms with van der Waals surface area (Å²) in [5, 5.41) is 0. The van der Waals surface area contributed by atoms with E-state index in [0.29, 0.717) is 12.0 Å². The number of Topliss-reactive ketones (excluding diaryl/α,β-unsaturated/α-hetero) is 1. The molecule has 3 heteroatoms. The molecule has 3 aliphatic rings. The minimum absolute atomic E-state index is 0.00912. The number of carbonyl (C=O) groups excluding carboxylic acids is 2. The molecule has 3 saturated carbocycles. The summed E-state index contributed by atoms with van der Waals surface area (Å²) >= 11 is 0. The molecule has 110 valence electrons. The molecule has 0 N–H and O–H groups in total. The number of esters is 1. The Balaban J connectivity index is 2.19. The molecule has 5 atom stereocenters. The van der Waals surface area contributed by atoms with Crippen molar-refractivity contribution in [3.05, 3.63) is 12.2 Å². The molecule has 3 nitrogen and oxygen atoms in total. The number of hydrogen-bond acceptors (Lipinski definition) is 3. The van der Waals surface area contributed by atoms with E-state index in [4.69, 9.17) is 4.74 Å². The molecule has 0 heterocycles. The van der Waals surface area contributed by atoms with E-state index in [2.05, 4.69) is 27.4 Å². The maximum absolute atomic E-state index is 12.4. The van der Waals surface area contributed by atoms with Gasteiger partial charge >= 0.3 is 5.97 Å². The maximum Gasteiger partial charge on any atom is 0.302 e. The lowest BCUT2D eigenvalue weighted by Gasteiger charge is -2.46. The van der Waals surface area contributed by atoms with E-state index < -0.39 is 0 Å². The van der Waals surface area contributed by atoms with Crippen LogP contribution in [0.15, 0.2) is 12.2 Å². The summed E-state index contributed by atoms with van der Waals surface area (Å²) in [4.78, 5) is 23.9. The molecule has 2 bridgehead atoms. The fourth-order valence-electron chi connectivity index (χ4n) is 5.68. The minimum Gasteiger partial charge on any atom is -0.461 e. The van der Waals surface area contributed by atoms with Gasteiger partial charge in [-0.15, -0.1) is 0 Å². The topological polar surface area (TPSA) is 43.4 Å². The molecular formula is C17H24O3. The first kappa shape index (κ1) is 13.8. The van der Waals surface area contributed by atoms with Crippen molar-refractivity contribution in [3.63, 3.8) is 0 Å².